The fourth-order valence-corrected chi connectivity index (χ4v) is 1.66. The summed E-state index contributed by atoms with van der Waals surface area (Å²) in [5.74, 6) is 0.884. The van der Waals surface area contributed by atoms with Crippen LogP contribution in [0.1, 0.15) is 19.3 Å². The third-order valence-electron chi connectivity index (χ3n) is 2.21. The smallest absolute Gasteiger partial charge is 1.00 e. The molecule has 0 aromatic carbocycles. The van der Waals surface area contributed by atoms with E-state index in [1.165, 1.54) is 19.3 Å². The fourth-order valence-electron chi connectivity index (χ4n) is 1.66. The second-order valence-electron chi connectivity index (χ2n) is 6.06. The first-order valence-electron chi connectivity index (χ1n) is 6.67. The second kappa shape index (κ2) is 13.7. The van der Waals surface area contributed by atoms with Gasteiger partial charge in [-0.2, -0.15) is 0 Å². The standard InChI is InChI=1S/C9H11.C3H10NSi.C2H6Si.2ClH.Ti/c1-2-5-9-7-3-6-8(9)4-1;1-5(2,3)4;1-3-2;;;/h1-2,4,6,9H,3,5,7H2;4H,1-3H3;1-2H3;2*1H;/q2*-1;;;;+2/p-2. The first kappa shape index (κ1) is 26.0. The molecule has 0 amide bonds. The molecule has 116 valence electrons. The summed E-state index contributed by atoms with van der Waals surface area (Å²) in [5.41, 5.74) is 1.58. The number of halogens is 2. The number of fused-ring (bicyclic) bond motifs is 1. The van der Waals surface area contributed by atoms with Crippen LogP contribution in [-0.4, -0.2) is 14.4 Å². The maximum atomic E-state index is 7.08. The van der Waals surface area contributed by atoms with Crippen LogP contribution >= 0.6 is 0 Å². The first-order valence-corrected chi connectivity index (χ1v) is 15.0. The van der Waals surface area contributed by atoms with Crippen LogP contribution in [0, 0.1) is 12.3 Å². The normalized spacial score (nSPS) is 18.4. The molecule has 1 saturated carbocycles. The van der Waals surface area contributed by atoms with Gasteiger partial charge in [0.1, 0.15) is 0 Å². The maximum Gasteiger partial charge on any atom is -1.00 e. The Morgan fingerprint density at radius 1 is 1.30 bits per heavy atom. The van der Waals surface area contributed by atoms with Crippen molar-refractivity contribution in [1.29, 1.82) is 0 Å². The Bertz CT molecular complexity index is 316. The van der Waals surface area contributed by atoms with E-state index in [0.29, 0.717) is 0 Å². The van der Waals surface area contributed by atoms with Crippen LogP contribution in [0.3, 0.4) is 0 Å². The second-order valence-corrected chi connectivity index (χ2v) is 17.2. The van der Waals surface area contributed by atoms with E-state index in [9.17, 15) is 0 Å². The van der Waals surface area contributed by atoms with Gasteiger partial charge < -0.3 is 30.2 Å². The monoisotopic (exact) mass is 383 g/mol. The number of allylic oxidation sites excluding steroid dienone is 4. The van der Waals surface area contributed by atoms with Gasteiger partial charge in [0.05, 0.1) is 0 Å². The van der Waals surface area contributed by atoms with E-state index in [-0.39, 0.29) is 31.0 Å². The molecule has 0 aromatic rings. The van der Waals surface area contributed by atoms with Gasteiger partial charge in [-0.3, -0.25) is 0 Å². The molecule has 0 aliphatic heterocycles. The van der Waals surface area contributed by atoms with Crippen LogP contribution in [0.15, 0.2) is 23.8 Å². The van der Waals surface area contributed by atoms with Crippen molar-refractivity contribution in [3.8, 4) is 0 Å². The van der Waals surface area contributed by atoms with Gasteiger partial charge in [-0.1, -0.05) is 34.3 Å². The molecule has 0 heterocycles. The van der Waals surface area contributed by atoms with Gasteiger partial charge in [-0.05, 0) is 12.3 Å². The van der Waals surface area contributed by atoms with E-state index in [0.717, 1.165) is 5.92 Å². The molecule has 20 heavy (non-hydrogen) atoms. The average Bonchev–Trinajstić information content (AvgIpc) is 2.61. The minimum absolute atomic E-state index is 0. The minimum atomic E-state index is -1.36. The van der Waals surface area contributed by atoms with E-state index in [4.69, 9.17) is 5.40 Å². The Labute approximate surface area is 151 Å². The molecule has 1 nitrogen and oxygen atoms in total. The molecule has 2 aliphatic carbocycles. The Kier molecular flexibility index (Phi) is 17.8. The molecular weight excluding hydrogens is 357 g/mol. The summed E-state index contributed by atoms with van der Waals surface area (Å²) in [7, 11) is -1.36. The molecule has 0 aromatic heterocycles. The van der Waals surface area contributed by atoms with Crippen molar-refractivity contribution in [2.24, 2.45) is 5.92 Å². The quantitative estimate of drug-likeness (QED) is 0.384. The summed E-state index contributed by atoms with van der Waals surface area (Å²) in [5, 5.41) is 7.08. The predicted molar refractivity (Wildman–Crippen MR) is 84.0 cm³/mol. The third kappa shape index (κ3) is 19.0. The van der Waals surface area contributed by atoms with E-state index >= 15 is 0 Å². The summed E-state index contributed by atoms with van der Waals surface area (Å²) in [4.78, 5) is 0. The molecule has 0 bridgehead atoms. The Balaban J connectivity index is -0.000000232. The van der Waals surface area contributed by atoms with Crippen LogP contribution in [0.2, 0.25) is 32.7 Å². The maximum absolute atomic E-state index is 7.08. The average molecular weight is 384 g/mol. The zero-order valence-electron chi connectivity index (χ0n) is 13.3. The summed E-state index contributed by atoms with van der Waals surface area (Å²) >= 11 is 2.27. The van der Waals surface area contributed by atoms with Crippen molar-refractivity contribution < 1.29 is 44.0 Å². The zero-order chi connectivity index (χ0) is 14.2. The molecule has 1 atom stereocenters. The van der Waals surface area contributed by atoms with Gasteiger partial charge in [0.2, 0.25) is 0 Å². The van der Waals surface area contributed by atoms with Gasteiger partial charge in [0.25, 0.3) is 0 Å². The van der Waals surface area contributed by atoms with Gasteiger partial charge >= 0.3 is 38.5 Å². The van der Waals surface area contributed by atoms with Gasteiger partial charge in [-0.25, -0.2) is 18.1 Å². The fraction of sp³-hybridized carbons (Fsp3) is 0.643. The zero-order valence-corrected chi connectivity index (χ0v) is 18.3. The molecule has 1 N–H and O–H groups in total. The first-order chi connectivity index (χ1) is 8.20. The van der Waals surface area contributed by atoms with Gasteiger partial charge in [0.15, 0.2) is 0 Å². The van der Waals surface area contributed by atoms with Crippen molar-refractivity contribution in [2.75, 3.05) is 0 Å². The summed E-state index contributed by atoms with van der Waals surface area (Å²) in [6, 6.07) is 0. The van der Waals surface area contributed by atoms with E-state index < -0.39 is 8.24 Å². The SMILES string of the molecule is C1=CCC2CC[CH-]C2=C1.C[Si](C)(C)[NH-].C[Si](C)=[Ti+2].[Cl-].[Cl-]. The third-order valence-corrected chi connectivity index (χ3v) is 2.21. The van der Waals surface area contributed by atoms with Crippen molar-refractivity contribution >= 4 is 14.4 Å². The van der Waals surface area contributed by atoms with Crippen molar-refractivity contribution in [3.63, 3.8) is 0 Å². The predicted octanol–water partition coefficient (Wildman–Crippen LogP) is -0.847. The molecular formula is C14H27Cl2NSi2Ti-2. The van der Waals surface area contributed by atoms with E-state index in [2.05, 4.69) is 56.9 Å². The van der Waals surface area contributed by atoms with Crippen LogP contribution in [0.5, 0.6) is 0 Å². The summed E-state index contributed by atoms with van der Waals surface area (Å²) in [6.45, 7) is 10.5. The summed E-state index contributed by atoms with van der Waals surface area (Å²) < 4.78 is 0. The van der Waals surface area contributed by atoms with Crippen LogP contribution < -0.4 is 24.8 Å². The Morgan fingerprint density at radius 3 is 2.15 bits per heavy atom. The topological polar surface area (TPSA) is 23.8 Å². The molecule has 0 saturated heterocycles. The number of rotatable bonds is 0. The van der Waals surface area contributed by atoms with Crippen molar-refractivity contribution in [1.82, 2.24) is 0 Å². The van der Waals surface area contributed by atoms with Gasteiger partial charge in [0, 0.05) is 0 Å². The number of hydrogen-bond donors (Lipinski definition) is 0. The summed E-state index contributed by atoms with van der Waals surface area (Å²) in [6.07, 6.45) is 13.2. The van der Waals surface area contributed by atoms with E-state index in [1.54, 1.807) is 5.57 Å². The molecule has 0 spiro atoms. The Morgan fingerprint density at radius 2 is 1.75 bits per heavy atom. The Hall–Kier alpha value is 1.04. The minimum Gasteiger partial charge on any atom is -1.00 e. The number of hydrogen-bond acceptors (Lipinski definition) is 0. The van der Waals surface area contributed by atoms with Crippen molar-refractivity contribution in [3.05, 3.63) is 35.6 Å². The largest absolute Gasteiger partial charge is 1.00 e. The molecule has 6 heteroatoms. The van der Waals surface area contributed by atoms with Crippen LogP contribution in [0.4, 0.5) is 0 Å². The molecule has 2 aliphatic rings. The molecule has 2 rings (SSSR count). The van der Waals surface area contributed by atoms with Crippen LogP contribution in [-0.2, 0) is 19.2 Å². The van der Waals surface area contributed by atoms with E-state index in [1.807, 2.05) is 19.6 Å². The van der Waals surface area contributed by atoms with Crippen molar-refractivity contribution in [2.45, 2.75) is 52.0 Å². The molecule has 1 unspecified atom stereocenters. The van der Waals surface area contributed by atoms with Crippen LogP contribution in [0.25, 0.3) is 5.40 Å². The molecule has 0 radical (unpaired) electrons. The number of nitrogens with one attached hydrogen (secondary N) is 1. The van der Waals surface area contributed by atoms with Gasteiger partial charge in [-0.15, -0.1) is 18.6 Å². The molecule has 1 fully saturated rings.